The van der Waals surface area contributed by atoms with Crippen molar-refractivity contribution in [2.45, 2.75) is 37.3 Å². The van der Waals surface area contributed by atoms with Crippen molar-refractivity contribution in [3.05, 3.63) is 0 Å². The maximum atomic E-state index is 2.28. The fraction of sp³-hybridized carbons (Fsp3) is 1.00. The van der Waals surface area contributed by atoms with Crippen LogP contribution in [0.25, 0.3) is 0 Å². The Morgan fingerprint density at radius 3 is 2.25 bits per heavy atom. The van der Waals surface area contributed by atoms with Crippen molar-refractivity contribution >= 4 is 27.6 Å². The third-order valence-electron chi connectivity index (χ3n) is 1.05. The summed E-state index contributed by atoms with van der Waals surface area (Å²) in [7, 11) is 0. The van der Waals surface area contributed by atoms with Gasteiger partial charge in [-0.25, -0.2) is 0 Å². The normalized spacial score (nSPS) is 7.75. The Balaban J connectivity index is 0. The summed E-state index contributed by atoms with van der Waals surface area (Å²) in [6.07, 6.45) is 2.84. The second-order valence-electron chi connectivity index (χ2n) is 1.84. The van der Waals surface area contributed by atoms with E-state index in [1.807, 2.05) is 0 Å². The number of halogens is 1. The molecule has 0 saturated carbocycles. The zero-order valence-electron chi connectivity index (χ0n) is 5.81. The molecule has 0 amide bonds. The van der Waals surface area contributed by atoms with Gasteiger partial charge in [0.1, 0.15) is 0 Å². The summed E-state index contributed by atoms with van der Waals surface area (Å²) in [5.41, 5.74) is 0. The van der Waals surface area contributed by atoms with E-state index in [0.29, 0.717) is 0 Å². The molecule has 8 heavy (non-hydrogen) atoms. The van der Waals surface area contributed by atoms with Crippen molar-refractivity contribution in [2.75, 3.05) is 0 Å². The second kappa shape index (κ2) is 10.7. The Kier molecular flexibility index (Phi) is 15.6. The maximum absolute atomic E-state index is 2.28. The van der Waals surface area contributed by atoms with Crippen LogP contribution in [0.2, 0.25) is 10.6 Å². The van der Waals surface area contributed by atoms with E-state index in [1.54, 1.807) is 0 Å². The Hall–Kier alpha value is 0.822. The van der Waals surface area contributed by atoms with Crippen molar-refractivity contribution in [3.63, 3.8) is 0 Å². The van der Waals surface area contributed by atoms with Gasteiger partial charge in [0.2, 0.25) is 0 Å². The molecule has 1 radical (unpaired) electrons. The van der Waals surface area contributed by atoms with Gasteiger partial charge in [-0.2, -0.15) is 0 Å². The molecule has 0 unspecified atom stereocenters. The summed E-state index contributed by atoms with van der Waals surface area (Å²) in [4.78, 5) is 0. The van der Waals surface area contributed by atoms with E-state index in [1.165, 1.54) is 23.4 Å². The lowest BCUT2D eigenvalue weighted by molar-refractivity contribution is 0.877. The first-order valence-corrected chi connectivity index (χ1v) is 4.86. The van der Waals surface area contributed by atoms with Crippen LogP contribution in [0.5, 0.6) is 0 Å². The smallest absolute Gasteiger partial charge is 0.147 e. The van der Waals surface area contributed by atoms with Crippen LogP contribution in [-0.4, -0.2) is 15.2 Å². The van der Waals surface area contributed by atoms with Gasteiger partial charge < -0.3 is 0 Å². The van der Waals surface area contributed by atoms with E-state index in [4.69, 9.17) is 0 Å². The second-order valence-corrected chi connectivity index (χ2v) is 3.81. The van der Waals surface area contributed by atoms with Gasteiger partial charge in [-0.05, 0) is 0 Å². The van der Waals surface area contributed by atoms with E-state index in [2.05, 4.69) is 13.8 Å². The third-order valence-corrected chi connectivity index (χ3v) is 2.44. The van der Waals surface area contributed by atoms with E-state index in [-0.39, 0.29) is 12.4 Å². The van der Waals surface area contributed by atoms with E-state index >= 15 is 0 Å². The van der Waals surface area contributed by atoms with Crippen LogP contribution in [0.4, 0.5) is 0 Å². The molecule has 0 saturated heterocycles. The van der Waals surface area contributed by atoms with E-state index in [0.717, 1.165) is 15.2 Å². The highest BCUT2D eigenvalue weighted by Gasteiger charge is 1.84. The molecule has 0 aromatic carbocycles. The standard InChI is InChI=1S/C4H9.C2H5.Al.ClH/c1-3-4-2;1-2;;/h1,3-4H2,2H3;1H2,2H3;;1H. The third kappa shape index (κ3) is 9.95. The highest BCUT2D eigenvalue weighted by atomic mass is 35.5. The van der Waals surface area contributed by atoms with Gasteiger partial charge in [-0.3, -0.25) is 0 Å². The Labute approximate surface area is 65.2 Å². The average molecular weight is 150 g/mol. The molecule has 0 N–H and O–H groups in total. The number of hydrogen-bond donors (Lipinski definition) is 0. The minimum Gasteiger partial charge on any atom is -0.147 e. The van der Waals surface area contributed by atoms with Crippen LogP contribution < -0.4 is 0 Å². The predicted octanol–water partition coefficient (Wildman–Crippen LogP) is 2.77. The lowest BCUT2D eigenvalue weighted by Crippen LogP contribution is -1.82. The fourth-order valence-corrected chi connectivity index (χ4v) is 1.66. The summed E-state index contributed by atoms with van der Waals surface area (Å²) in [5, 5.41) is 2.97. The van der Waals surface area contributed by atoms with Crippen molar-refractivity contribution in [3.8, 4) is 0 Å². The van der Waals surface area contributed by atoms with Gasteiger partial charge in [0.15, 0.2) is 15.2 Å². The molecule has 49 valence electrons. The molecule has 0 bridgehead atoms. The number of unbranched alkanes of at least 4 members (excludes halogenated alkanes) is 1. The van der Waals surface area contributed by atoms with Crippen molar-refractivity contribution in [1.82, 2.24) is 0 Å². The van der Waals surface area contributed by atoms with Crippen LogP contribution in [-0.2, 0) is 0 Å². The molecular formula is C6H15AlCl. The zero-order valence-corrected chi connectivity index (χ0v) is 7.79. The summed E-state index contributed by atoms with van der Waals surface area (Å²) in [6.45, 7) is 4.54. The molecule has 0 aliphatic heterocycles. The summed E-state index contributed by atoms with van der Waals surface area (Å²) in [6, 6.07) is 0. The van der Waals surface area contributed by atoms with Gasteiger partial charge in [0.25, 0.3) is 0 Å². The highest BCUT2D eigenvalue weighted by molar-refractivity contribution is 6.35. The van der Waals surface area contributed by atoms with Gasteiger partial charge in [-0.15, -0.1) is 23.0 Å². The van der Waals surface area contributed by atoms with Crippen molar-refractivity contribution in [2.24, 2.45) is 0 Å². The first kappa shape index (κ1) is 11.6. The van der Waals surface area contributed by atoms with Crippen LogP contribution in [0.1, 0.15) is 26.7 Å². The highest BCUT2D eigenvalue weighted by Crippen LogP contribution is 1.94. The lowest BCUT2D eigenvalue weighted by atomic mass is 10.4. The molecule has 0 aromatic heterocycles. The minimum atomic E-state index is 0. The van der Waals surface area contributed by atoms with Crippen LogP contribution >= 0.6 is 12.4 Å². The molecule has 0 spiro atoms. The van der Waals surface area contributed by atoms with Crippen molar-refractivity contribution in [1.29, 1.82) is 0 Å². The summed E-state index contributed by atoms with van der Waals surface area (Å²) in [5.74, 6) is 0. The predicted molar refractivity (Wildman–Crippen MR) is 43.2 cm³/mol. The minimum absolute atomic E-state index is 0. The number of rotatable bonds is 4. The molecule has 0 nitrogen and oxygen atoms in total. The van der Waals surface area contributed by atoms with Gasteiger partial charge in [-0.1, -0.05) is 26.7 Å². The van der Waals surface area contributed by atoms with Gasteiger partial charge in [0.05, 0.1) is 0 Å². The molecule has 0 atom stereocenters. The monoisotopic (exact) mass is 149 g/mol. The van der Waals surface area contributed by atoms with Gasteiger partial charge in [0, 0.05) is 0 Å². The fourth-order valence-electron chi connectivity index (χ4n) is 0.553. The molecule has 0 aliphatic carbocycles. The molecule has 0 heterocycles. The topological polar surface area (TPSA) is 0 Å². The maximum Gasteiger partial charge on any atom is 0.199 e. The molecule has 2 heteroatoms. The van der Waals surface area contributed by atoms with Crippen molar-refractivity contribution < 1.29 is 0 Å². The molecule has 0 fully saturated rings. The number of hydrogen-bond acceptors (Lipinski definition) is 0. The Morgan fingerprint density at radius 1 is 1.25 bits per heavy atom. The van der Waals surface area contributed by atoms with E-state index < -0.39 is 0 Å². The molecule has 0 aliphatic rings. The first-order chi connectivity index (χ1) is 3.41. The van der Waals surface area contributed by atoms with Crippen LogP contribution in [0.3, 0.4) is 0 Å². The van der Waals surface area contributed by atoms with Crippen LogP contribution in [0.15, 0.2) is 0 Å². The largest absolute Gasteiger partial charge is 0.199 e. The molecule has 0 aromatic rings. The SMILES string of the molecule is CCC[CH2][Al][CH2]C.Cl. The molecular weight excluding hydrogens is 135 g/mol. The Morgan fingerprint density at radius 2 is 1.88 bits per heavy atom. The first-order valence-electron chi connectivity index (χ1n) is 3.23. The van der Waals surface area contributed by atoms with E-state index in [9.17, 15) is 0 Å². The quantitative estimate of drug-likeness (QED) is 0.426. The zero-order chi connectivity index (χ0) is 5.54. The Bertz CT molecular complexity index is 27.7. The lowest BCUT2D eigenvalue weighted by Gasteiger charge is -1.88. The molecule has 0 rings (SSSR count). The van der Waals surface area contributed by atoms with Crippen LogP contribution in [0, 0.1) is 0 Å². The average Bonchev–Trinajstić information content (AvgIpc) is 1.69. The summed E-state index contributed by atoms with van der Waals surface area (Å²) >= 11 is 0.816. The summed E-state index contributed by atoms with van der Waals surface area (Å²) < 4.78 is 0. The van der Waals surface area contributed by atoms with Gasteiger partial charge >= 0.3 is 0 Å².